The lowest BCUT2D eigenvalue weighted by atomic mass is 9.72. The number of fused-ring (bicyclic) bond motifs is 2. The molecule has 0 bridgehead atoms. The largest absolute Gasteiger partial charge is 0.495 e. The summed E-state index contributed by atoms with van der Waals surface area (Å²) in [5, 5.41) is 15.4. The van der Waals surface area contributed by atoms with Crippen molar-refractivity contribution in [3.05, 3.63) is 56.4 Å². The predicted octanol–water partition coefficient (Wildman–Crippen LogP) is 6.95. The molecule has 0 radical (unpaired) electrons. The van der Waals surface area contributed by atoms with Crippen LogP contribution in [0.15, 0.2) is 34.8 Å². The van der Waals surface area contributed by atoms with Crippen molar-refractivity contribution in [2.75, 3.05) is 12.4 Å². The van der Waals surface area contributed by atoms with Gasteiger partial charge in [0.15, 0.2) is 0 Å². The summed E-state index contributed by atoms with van der Waals surface area (Å²) in [6, 6.07) is 12.0. The van der Waals surface area contributed by atoms with Crippen LogP contribution in [0.3, 0.4) is 0 Å². The van der Waals surface area contributed by atoms with Gasteiger partial charge in [-0.3, -0.25) is 4.79 Å². The maximum Gasteiger partial charge on any atom is 0.260 e. The first kappa shape index (κ1) is 21.9. The molecule has 2 aromatic carbocycles. The Balaban J connectivity index is 1.70. The molecule has 31 heavy (non-hydrogen) atoms. The van der Waals surface area contributed by atoms with Crippen molar-refractivity contribution in [2.45, 2.75) is 40.0 Å². The van der Waals surface area contributed by atoms with E-state index < -0.39 is 0 Å². The standard InChI is InChI=1S/C25H25BrN2O2S/c1-25(2,3)15-9-10-17-19(13-27)24(31-20(17)12-15)28-23(29)18-11-14-7-5-6-8-16(14)21(26)22(18)30-4/h5-8,11,15H,9-10,12H2,1-4H3,(H,28,29)/t15-/m1/s1. The first-order chi connectivity index (χ1) is 14.7. The van der Waals surface area contributed by atoms with E-state index >= 15 is 0 Å². The third-order valence-electron chi connectivity index (χ3n) is 6.22. The van der Waals surface area contributed by atoms with Gasteiger partial charge in [0, 0.05) is 4.88 Å². The fourth-order valence-corrected chi connectivity index (χ4v) is 6.36. The van der Waals surface area contributed by atoms with Crippen LogP contribution in [0, 0.1) is 22.7 Å². The van der Waals surface area contributed by atoms with E-state index in [0.29, 0.717) is 27.8 Å². The smallest absolute Gasteiger partial charge is 0.260 e. The van der Waals surface area contributed by atoms with Gasteiger partial charge >= 0.3 is 0 Å². The average molecular weight is 497 g/mol. The number of nitrogens with zero attached hydrogens (tertiary/aromatic N) is 1. The fraction of sp³-hybridized carbons (Fsp3) is 0.360. The summed E-state index contributed by atoms with van der Waals surface area (Å²) in [6.07, 6.45) is 2.91. The van der Waals surface area contributed by atoms with E-state index in [0.717, 1.165) is 40.1 Å². The summed E-state index contributed by atoms with van der Waals surface area (Å²) >= 11 is 5.14. The Morgan fingerprint density at radius 1 is 1.32 bits per heavy atom. The summed E-state index contributed by atoms with van der Waals surface area (Å²) in [7, 11) is 1.56. The number of carbonyl (C=O) groups is 1. The molecule has 3 aromatic rings. The second-order valence-corrected chi connectivity index (χ2v) is 11.0. The lowest BCUT2D eigenvalue weighted by Gasteiger charge is -2.33. The number of thiophene rings is 1. The number of anilines is 1. The molecular weight excluding hydrogens is 472 g/mol. The Morgan fingerprint density at radius 3 is 2.74 bits per heavy atom. The molecule has 0 fully saturated rings. The molecule has 4 nitrogen and oxygen atoms in total. The van der Waals surface area contributed by atoms with Crippen LogP contribution in [-0.2, 0) is 12.8 Å². The van der Waals surface area contributed by atoms with Gasteiger partial charge in [0.1, 0.15) is 16.8 Å². The van der Waals surface area contributed by atoms with Crippen LogP contribution < -0.4 is 10.1 Å². The number of benzene rings is 2. The maximum atomic E-state index is 13.3. The number of amides is 1. The van der Waals surface area contributed by atoms with E-state index in [1.165, 1.54) is 4.88 Å². The molecule has 1 aromatic heterocycles. The summed E-state index contributed by atoms with van der Waals surface area (Å²) in [4.78, 5) is 14.5. The van der Waals surface area contributed by atoms with E-state index in [9.17, 15) is 10.1 Å². The Kier molecular flexibility index (Phi) is 5.85. The van der Waals surface area contributed by atoms with Gasteiger partial charge in [-0.25, -0.2) is 0 Å². The molecule has 1 aliphatic carbocycles. The van der Waals surface area contributed by atoms with Gasteiger partial charge in [-0.05, 0) is 68.9 Å². The first-order valence-corrected chi connectivity index (χ1v) is 12.0. The molecule has 0 spiro atoms. The highest BCUT2D eigenvalue weighted by molar-refractivity contribution is 9.10. The van der Waals surface area contributed by atoms with E-state index in [2.05, 4.69) is 48.1 Å². The highest BCUT2D eigenvalue weighted by atomic mass is 79.9. The van der Waals surface area contributed by atoms with Crippen molar-refractivity contribution < 1.29 is 9.53 Å². The van der Waals surface area contributed by atoms with E-state index in [4.69, 9.17) is 4.74 Å². The first-order valence-electron chi connectivity index (χ1n) is 10.4. The minimum absolute atomic E-state index is 0.225. The van der Waals surface area contributed by atoms with Gasteiger partial charge in [0.25, 0.3) is 5.91 Å². The molecular formula is C25H25BrN2O2S. The number of rotatable bonds is 3. The lowest BCUT2D eigenvalue weighted by Crippen LogP contribution is -2.26. The zero-order valence-corrected chi connectivity index (χ0v) is 20.5. The van der Waals surface area contributed by atoms with Gasteiger partial charge in [-0.1, -0.05) is 45.0 Å². The topological polar surface area (TPSA) is 62.1 Å². The van der Waals surface area contributed by atoms with Crippen molar-refractivity contribution in [2.24, 2.45) is 11.3 Å². The Hall–Kier alpha value is -2.36. The van der Waals surface area contributed by atoms with Crippen LogP contribution in [0.4, 0.5) is 5.00 Å². The number of halogens is 1. The summed E-state index contributed by atoms with van der Waals surface area (Å²) in [5.41, 5.74) is 2.38. The molecule has 1 heterocycles. The molecule has 0 saturated heterocycles. The van der Waals surface area contributed by atoms with Crippen LogP contribution in [-0.4, -0.2) is 13.0 Å². The third-order valence-corrected chi connectivity index (χ3v) is 8.18. The SMILES string of the molecule is COc1c(C(=O)Nc2sc3c(c2C#N)CC[C@@H](C(C)(C)C)C3)cc2ccccc2c1Br. The van der Waals surface area contributed by atoms with Crippen LogP contribution >= 0.6 is 27.3 Å². The van der Waals surface area contributed by atoms with Gasteiger partial charge in [0.2, 0.25) is 0 Å². The van der Waals surface area contributed by atoms with E-state index in [-0.39, 0.29) is 11.3 Å². The number of ether oxygens (including phenoxy) is 1. The molecule has 0 unspecified atom stereocenters. The minimum Gasteiger partial charge on any atom is -0.495 e. The van der Waals surface area contributed by atoms with Crippen LogP contribution in [0.2, 0.25) is 0 Å². The number of hydrogen-bond acceptors (Lipinski definition) is 4. The average Bonchev–Trinajstić information content (AvgIpc) is 3.09. The van der Waals surface area contributed by atoms with Crippen LogP contribution in [0.5, 0.6) is 5.75 Å². The second kappa shape index (κ2) is 8.29. The number of hydrogen-bond donors (Lipinski definition) is 1. The van der Waals surface area contributed by atoms with Gasteiger partial charge < -0.3 is 10.1 Å². The maximum absolute atomic E-state index is 13.3. The van der Waals surface area contributed by atoms with Crippen molar-refractivity contribution in [3.63, 3.8) is 0 Å². The monoisotopic (exact) mass is 496 g/mol. The van der Waals surface area contributed by atoms with Crippen LogP contribution in [0.25, 0.3) is 10.8 Å². The Bertz CT molecular complexity index is 1220. The van der Waals surface area contributed by atoms with E-state index in [1.807, 2.05) is 30.3 Å². The van der Waals surface area contributed by atoms with Crippen molar-refractivity contribution >= 4 is 48.9 Å². The highest BCUT2D eigenvalue weighted by Gasteiger charge is 2.32. The molecule has 1 aliphatic rings. The third kappa shape index (κ3) is 3.97. The Labute approximate surface area is 195 Å². The predicted molar refractivity (Wildman–Crippen MR) is 130 cm³/mol. The van der Waals surface area contributed by atoms with Gasteiger partial charge in [-0.2, -0.15) is 5.26 Å². The second-order valence-electron chi connectivity index (χ2n) is 9.07. The molecule has 4 rings (SSSR count). The molecule has 160 valence electrons. The summed E-state index contributed by atoms with van der Waals surface area (Å²) < 4.78 is 6.31. The number of nitrogens with one attached hydrogen (secondary N) is 1. The number of carbonyl (C=O) groups excluding carboxylic acids is 1. The molecule has 0 aliphatic heterocycles. The molecule has 1 atom stereocenters. The van der Waals surface area contributed by atoms with Crippen molar-refractivity contribution in [1.82, 2.24) is 0 Å². The molecule has 1 N–H and O–H groups in total. The van der Waals surface area contributed by atoms with Crippen LogP contribution in [0.1, 0.15) is 53.6 Å². The Morgan fingerprint density at radius 2 is 2.06 bits per heavy atom. The zero-order valence-electron chi connectivity index (χ0n) is 18.1. The minimum atomic E-state index is -0.272. The summed E-state index contributed by atoms with van der Waals surface area (Å²) in [6.45, 7) is 6.82. The number of methoxy groups -OCH3 is 1. The van der Waals surface area contributed by atoms with E-state index in [1.54, 1.807) is 18.4 Å². The normalized spacial score (nSPS) is 15.9. The fourth-order valence-electron chi connectivity index (χ4n) is 4.35. The van der Waals surface area contributed by atoms with Gasteiger partial charge in [0.05, 0.1) is 22.7 Å². The number of nitriles is 1. The van der Waals surface area contributed by atoms with Crippen molar-refractivity contribution in [1.29, 1.82) is 5.26 Å². The zero-order chi connectivity index (χ0) is 22.3. The van der Waals surface area contributed by atoms with Crippen molar-refractivity contribution in [3.8, 4) is 11.8 Å². The molecule has 6 heteroatoms. The molecule has 1 amide bonds. The van der Waals surface area contributed by atoms with Gasteiger partial charge in [-0.15, -0.1) is 11.3 Å². The summed E-state index contributed by atoms with van der Waals surface area (Å²) in [5.74, 6) is 0.792. The highest BCUT2D eigenvalue weighted by Crippen LogP contribution is 2.44. The lowest BCUT2D eigenvalue weighted by molar-refractivity contribution is 0.102. The molecule has 0 saturated carbocycles. The quantitative estimate of drug-likeness (QED) is 0.426.